The van der Waals surface area contributed by atoms with Crippen LogP contribution < -0.4 is 0 Å². The summed E-state index contributed by atoms with van der Waals surface area (Å²) in [5.74, 6) is 0.569. The molecule has 0 saturated carbocycles. The van der Waals surface area contributed by atoms with E-state index in [1.54, 1.807) is 28.2 Å². The Hall–Kier alpha value is -1.90. The van der Waals surface area contributed by atoms with Crippen molar-refractivity contribution in [2.75, 3.05) is 13.1 Å². The number of piperidine rings is 1. The van der Waals surface area contributed by atoms with Crippen LogP contribution in [0.4, 0.5) is 0 Å². The molecule has 0 unspecified atom stereocenters. The molecule has 1 aliphatic rings. The highest BCUT2D eigenvalue weighted by Crippen LogP contribution is 2.28. The number of halogens is 1. The van der Waals surface area contributed by atoms with Gasteiger partial charge in [-0.05, 0) is 44.7 Å². The van der Waals surface area contributed by atoms with Gasteiger partial charge in [-0.3, -0.25) is 4.68 Å². The molecule has 3 aromatic rings. The quantitative estimate of drug-likeness (QED) is 0.648. The lowest BCUT2D eigenvalue weighted by Crippen LogP contribution is -2.38. The summed E-state index contributed by atoms with van der Waals surface area (Å²) in [5.41, 5.74) is 2.76. The largest absolute Gasteiger partial charge is 0.305 e. The second-order valence-corrected chi connectivity index (χ2v) is 9.90. The zero-order chi connectivity index (χ0) is 20.1. The van der Waals surface area contributed by atoms with Crippen LogP contribution in [0.1, 0.15) is 36.8 Å². The molecule has 0 aromatic carbocycles. The third-order valence-electron chi connectivity index (χ3n) is 5.43. The first-order chi connectivity index (χ1) is 13.3. The average Bonchev–Trinajstić information content (AvgIpc) is 3.15. The van der Waals surface area contributed by atoms with Gasteiger partial charge in [-0.2, -0.15) is 9.40 Å². The van der Waals surface area contributed by atoms with Crippen LogP contribution >= 0.6 is 11.6 Å². The normalized spacial score (nSPS) is 16.9. The molecule has 0 radical (unpaired) electrons. The van der Waals surface area contributed by atoms with Crippen LogP contribution in [0.25, 0.3) is 5.65 Å². The first-order valence-corrected chi connectivity index (χ1v) is 11.2. The predicted molar refractivity (Wildman–Crippen MR) is 108 cm³/mol. The molecule has 9 heteroatoms. The highest BCUT2D eigenvalue weighted by Gasteiger charge is 2.33. The summed E-state index contributed by atoms with van der Waals surface area (Å²) in [6.07, 6.45) is 5.48. The lowest BCUT2D eigenvalue weighted by atomic mass is 10.0. The average molecular weight is 422 g/mol. The number of aryl methyl sites for hydroxylation is 1. The van der Waals surface area contributed by atoms with E-state index in [2.05, 4.69) is 17.0 Å². The van der Waals surface area contributed by atoms with E-state index in [4.69, 9.17) is 11.6 Å². The third kappa shape index (κ3) is 3.44. The van der Waals surface area contributed by atoms with Gasteiger partial charge in [0, 0.05) is 25.5 Å². The molecule has 4 heterocycles. The summed E-state index contributed by atoms with van der Waals surface area (Å²) in [5, 5.41) is 5.14. The fourth-order valence-electron chi connectivity index (χ4n) is 3.81. The minimum atomic E-state index is -3.54. The van der Waals surface area contributed by atoms with Crippen molar-refractivity contribution in [2.24, 2.45) is 5.92 Å². The van der Waals surface area contributed by atoms with Gasteiger partial charge >= 0.3 is 0 Å². The zero-order valence-electron chi connectivity index (χ0n) is 16.3. The molecule has 150 valence electrons. The number of nitrogens with zero attached hydrogens (tertiary/aromatic N) is 5. The van der Waals surface area contributed by atoms with Gasteiger partial charge in [0.1, 0.15) is 10.5 Å². The fraction of sp³-hybridized carbons (Fsp3) is 0.474. The Kier molecular flexibility index (Phi) is 4.97. The first kappa shape index (κ1) is 19.4. The van der Waals surface area contributed by atoms with E-state index in [1.807, 2.05) is 23.6 Å². The maximum absolute atomic E-state index is 13.2. The van der Waals surface area contributed by atoms with Crippen LogP contribution in [0, 0.1) is 19.8 Å². The van der Waals surface area contributed by atoms with Crippen molar-refractivity contribution in [1.29, 1.82) is 0 Å². The van der Waals surface area contributed by atoms with Crippen molar-refractivity contribution in [3.63, 3.8) is 0 Å². The van der Waals surface area contributed by atoms with E-state index in [0.717, 1.165) is 24.2 Å². The Morgan fingerprint density at radius 1 is 1.18 bits per heavy atom. The topological polar surface area (TPSA) is 72.5 Å². The van der Waals surface area contributed by atoms with Gasteiger partial charge in [-0.1, -0.05) is 18.5 Å². The summed E-state index contributed by atoms with van der Waals surface area (Å²) in [6.45, 7) is 7.28. The monoisotopic (exact) mass is 421 g/mol. The number of imidazole rings is 1. The first-order valence-electron chi connectivity index (χ1n) is 9.43. The van der Waals surface area contributed by atoms with Gasteiger partial charge in [-0.25, -0.2) is 13.4 Å². The molecule has 1 fully saturated rings. The van der Waals surface area contributed by atoms with E-state index < -0.39 is 10.0 Å². The summed E-state index contributed by atoms with van der Waals surface area (Å²) in [6, 6.07) is 3.64. The number of sulfonamides is 1. The molecular formula is C19H24ClN5O2S. The van der Waals surface area contributed by atoms with E-state index in [1.165, 1.54) is 0 Å². The number of rotatable bonds is 4. The van der Waals surface area contributed by atoms with Crippen molar-refractivity contribution >= 4 is 27.3 Å². The van der Waals surface area contributed by atoms with E-state index in [9.17, 15) is 8.42 Å². The van der Waals surface area contributed by atoms with Crippen LogP contribution in [0.15, 0.2) is 29.4 Å². The number of aromatic nitrogens is 4. The molecular weight excluding hydrogens is 398 g/mol. The molecule has 1 saturated heterocycles. The lowest BCUT2D eigenvalue weighted by Gasteiger charge is -2.29. The minimum absolute atomic E-state index is 0.328. The molecule has 7 nitrogen and oxygen atoms in total. The Bertz CT molecular complexity index is 1130. The van der Waals surface area contributed by atoms with E-state index >= 15 is 0 Å². The van der Waals surface area contributed by atoms with Crippen LogP contribution in [0.3, 0.4) is 0 Å². The molecule has 1 aliphatic heterocycles. The van der Waals surface area contributed by atoms with Crippen molar-refractivity contribution in [1.82, 2.24) is 23.5 Å². The van der Waals surface area contributed by atoms with E-state index in [-0.39, 0.29) is 0 Å². The second kappa shape index (κ2) is 7.17. The van der Waals surface area contributed by atoms with Gasteiger partial charge in [0.15, 0.2) is 0 Å². The van der Waals surface area contributed by atoms with Crippen LogP contribution in [-0.2, 0) is 16.6 Å². The van der Waals surface area contributed by atoms with Crippen molar-refractivity contribution in [3.8, 4) is 0 Å². The predicted octanol–water partition coefficient (Wildman–Crippen LogP) is 3.27. The molecule has 0 N–H and O–H groups in total. The van der Waals surface area contributed by atoms with Crippen LogP contribution in [0.2, 0.25) is 5.02 Å². The highest BCUT2D eigenvalue weighted by atomic mass is 35.5. The van der Waals surface area contributed by atoms with Gasteiger partial charge in [-0.15, -0.1) is 0 Å². The molecule has 0 amide bonds. The van der Waals surface area contributed by atoms with Crippen molar-refractivity contribution < 1.29 is 8.42 Å². The second-order valence-electron chi connectivity index (χ2n) is 7.59. The third-order valence-corrected chi connectivity index (χ3v) is 7.81. The summed E-state index contributed by atoms with van der Waals surface area (Å²) in [4.78, 5) is 4.90. The molecule has 28 heavy (non-hydrogen) atoms. The zero-order valence-corrected chi connectivity index (χ0v) is 17.8. The molecule has 0 spiro atoms. The Morgan fingerprint density at radius 2 is 1.89 bits per heavy atom. The van der Waals surface area contributed by atoms with Crippen LogP contribution in [0.5, 0.6) is 0 Å². The Labute approximate surface area is 170 Å². The number of hydrogen-bond acceptors (Lipinski definition) is 4. The maximum atomic E-state index is 13.2. The minimum Gasteiger partial charge on any atom is -0.305 e. The lowest BCUT2D eigenvalue weighted by molar-refractivity contribution is 0.288. The highest BCUT2D eigenvalue weighted by molar-refractivity contribution is 7.89. The van der Waals surface area contributed by atoms with Gasteiger partial charge < -0.3 is 4.40 Å². The van der Waals surface area contributed by atoms with Crippen molar-refractivity contribution in [3.05, 3.63) is 46.6 Å². The SMILES string of the molecule is Cc1nn(Cc2cn3cc(Cl)ccc3n2)c(C)c1S(=O)(=O)N1CCC(C)CC1. The van der Waals surface area contributed by atoms with Gasteiger partial charge in [0.2, 0.25) is 10.0 Å². The smallest absolute Gasteiger partial charge is 0.246 e. The molecule has 3 aromatic heterocycles. The molecule has 0 atom stereocenters. The molecule has 0 aliphatic carbocycles. The van der Waals surface area contributed by atoms with Crippen molar-refractivity contribution in [2.45, 2.75) is 45.1 Å². The van der Waals surface area contributed by atoms with Gasteiger partial charge in [0.25, 0.3) is 0 Å². The standard InChI is InChI=1S/C19H24ClN5O2S/c1-13-6-8-24(9-7-13)28(26,27)19-14(2)22-25(15(19)3)12-17-11-23-10-16(20)4-5-18(23)21-17/h4-5,10-11,13H,6-9,12H2,1-3H3. The number of pyridine rings is 1. The fourth-order valence-corrected chi connectivity index (χ4v) is 5.82. The summed E-state index contributed by atoms with van der Waals surface area (Å²) < 4.78 is 31.6. The number of hydrogen-bond donors (Lipinski definition) is 0. The summed E-state index contributed by atoms with van der Waals surface area (Å²) in [7, 11) is -3.54. The van der Waals surface area contributed by atoms with E-state index in [0.29, 0.717) is 46.9 Å². The van der Waals surface area contributed by atoms with Crippen LogP contribution in [-0.4, -0.2) is 45.0 Å². The van der Waals surface area contributed by atoms with Gasteiger partial charge in [0.05, 0.1) is 28.6 Å². The number of fused-ring (bicyclic) bond motifs is 1. The summed E-state index contributed by atoms with van der Waals surface area (Å²) >= 11 is 6.03. The molecule has 0 bridgehead atoms. The Balaban J connectivity index is 1.65. The Morgan fingerprint density at radius 3 is 2.61 bits per heavy atom. The maximum Gasteiger partial charge on any atom is 0.246 e. The molecule has 4 rings (SSSR count).